The van der Waals surface area contributed by atoms with Crippen LogP contribution in [0.2, 0.25) is 0 Å². The van der Waals surface area contributed by atoms with Gasteiger partial charge in [0.25, 0.3) is 0 Å². The molecule has 0 bridgehead atoms. The maximum absolute atomic E-state index is 13.6. The molecule has 2 amide bonds. The van der Waals surface area contributed by atoms with E-state index in [1.54, 1.807) is 12.1 Å². The van der Waals surface area contributed by atoms with E-state index in [1.807, 2.05) is 0 Å². The molecule has 27 heavy (non-hydrogen) atoms. The molecule has 0 saturated heterocycles. The summed E-state index contributed by atoms with van der Waals surface area (Å²) in [4.78, 5) is 24.3. The fourth-order valence-electron chi connectivity index (χ4n) is 2.60. The molecule has 0 fully saturated rings. The van der Waals surface area contributed by atoms with Gasteiger partial charge in [0.1, 0.15) is 5.82 Å². The highest BCUT2D eigenvalue weighted by Crippen LogP contribution is 2.34. The van der Waals surface area contributed by atoms with Gasteiger partial charge in [0, 0.05) is 11.3 Å². The molecule has 1 atom stereocenters. The lowest BCUT2D eigenvalue weighted by Gasteiger charge is -2.18. The van der Waals surface area contributed by atoms with Gasteiger partial charge < -0.3 is 10.6 Å². The quantitative estimate of drug-likeness (QED) is 0.793. The number of rotatable bonds is 5. The standard InChI is InChI=1S/C18H17FN2O4S2/c1-11(8-17(22)20-14-5-3-2-4-13(14)19)27(24,25)12-6-7-15-16(9-12)26-10-18(23)21-15/h2-7,9,11H,8,10H2,1H3,(H,20,22)(H,21,23). The Hall–Kier alpha value is -2.39. The summed E-state index contributed by atoms with van der Waals surface area (Å²) in [5.74, 6) is -1.09. The van der Waals surface area contributed by atoms with E-state index in [2.05, 4.69) is 10.6 Å². The number of carbonyl (C=O) groups is 2. The van der Waals surface area contributed by atoms with Gasteiger partial charge in [-0.3, -0.25) is 9.59 Å². The van der Waals surface area contributed by atoms with Crippen molar-refractivity contribution in [3.63, 3.8) is 0 Å². The van der Waals surface area contributed by atoms with Gasteiger partial charge in [-0.15, -0.1) is 11.8 Å². The number of thioether (sulfide) groups is 1. The van der Waals surface area contributed by atoms with E-state index in [4.69, 9.17) is 0 Å². The molecule has 2 aromatic rings. The minimum Gasteiger partial charge on any atom is -0.324 e. The highest BCUT2D eigenvalue weighted by Gasteiger charge is 2.27. The van der Waals surface area contributed by atoms with Crippen LogP contribution in [0, 0.1) is 5.82 Å². The lowest BCUT2D eigenvalue weighted by Crippen LogP contribution is -2.25. The number of sulfone groups is 1. The molecule has 0 spiro atoms. The molecule has 9 heteroatoms. The minimum absolute atomic E-state index is 0.00743. The summed E-state index contributed by atoms with van der Waals surface area (Å²) in [6.45, 7) is 1.44. The van der Waals surface area contributed by atoms with E-state index in [-0.39, 0.29) is 28.7 Å². The van der Waals surface area contributed by atoms with Crippen molar-refractivity contribution in [3.8, 4) is 0 Å². The molecule has 1 unspecified atom stereocenters. The van der Waals surface area contributed by atoms with Crippen molar-refractivity contribution < 1.29 is 22.4 Å². The number of para-hydroxylation sites is 1. The SMILES string of the molecule is CC(CC(=O)Nc1ccccc1F)S(=O)(=O)c1ccc2c(c1)SCC(=O)N2. The lowest BCUT2D eigenvalue weighted by molar-refractivity contribution is -0.116. The number of amides is 2. The molecular formula is C18H17FN2O4S2. The summed E-state index contributed by atoms with van der Waals surface area (Å²) in [7, 11) is -3.76. The average Bonchev–Trinajstić information content (AvgIpc) is 2.63. The van der Waals surface area contributed by atoms with Crippen LogP contribution in [-0.2, 0) is 19.4 Å². The van der Waals surface area contributed by atoms with Crippen molar-refractivity contribution in [2.24, 2.45) is 0 Å². The highest BCUT2D eigenvalue weighted by molar-refractivity contribution is 8.00. The third kappa shape index (κ3) is 4.30. The predicted octanol–water partition coefficient (Wildman–Crippen LogP) is 3.06. The number of hydrogen-bond donors (Lipinski definition) is 2. The van der Waals surface area contributed by atoms with Gasteiger partial charge >= 0.3 is 0 Å². The molecule has 3 rings (SSSR count). The van der Waals surface area contributed by atoms with E-state index in [1.165, 1.54) is 49.0 Å². The summed E-state index contributed by atoms with van der Waals surface area (Å²) >= 11 is 1.26. The van der Waals surface area contributed by atoms with Crippen LogP contribution in [0.3, 0.4) is 0 Å². The first-order chi connectivity index (χ1) is 12.8. The van der Waals surface area contributed by atoms with Crippen LogP contribution in [0.4, 0.5) is 15.8 Å². The number of anilines is 2. The van der Waals surface area contributed by atoms with Gasteiger partial charge in [-0.2, -0.15) is 0 Å². The predicted molar refractivity (Wildman–Crippen MR) is 102 cm³/mol. The Balaban J connectivity index is 1.74. The van der Waals surface area contributed by atoms with Crippen LogP contribution in [0.25, 0.3) is 0 Å². The van der Waals surface area contributed by atoms with Gasteiger partial charge in [-0.25, -0.2) is 12.8 Å². The normalized spacial score (nSPS) is 14.8. The van der Waals surface area contributed by atoms with Gasteiger partial charge in [0.15, 0.2) is 9.84 Å². The van der Waals surface area contributed by atoms with Crippen molar-refractivity contribution >= 4 is 44.8 Å². The van der Waals surface area contributed by atoms with Crippen LogP contribution in [0.15, 0.2) is 52.3 Å². The molecule has 1 heterocycles. The van der Waals surface area contributed by atoms with Crippen molar-refractivity contribution in [2.75, 3.05) is 16.4 Å². The molecule has 0 radical (unpaired) electrons. The minimum atomic E-state index is -3.76. The average molecular weight is 408 g/mol. The molecule has 0 aromatic heterocycles. The van der Waals surface area contributed by atoms with E-state index >= 15 is 0 Å². The summed E-state index contributed by atoms with van der Waals surface area (Å²) in [5.41, 5.74) is 0.577. The summed E-state index contributed by atoms with van der Waals surface area (Å²) < 4.78 is 39.2. The molecule has 0 aliphatic carbocycles. The fraction of sp³-hybridized carbons (Fsp3) is 0.222. The molecule has 1 aliphatic heterocycles. The summed E-state index contributed by atoms with van der Waals surface area (Å²) in [6, 6.07) is 10.1. The Morgan fingerprint density at radius 3 is 2.78 bits per heavy atom. The Labute approximate surface area is 160 Å². The van der Waals surface area contributed by atoms with E-state index in [0.29, 0.717) is 10.6 Å². The van der Waals surface area contributed by atoms with Gasteiger partial charge in [-0.05, 0) is 37.3 Å². The van der Waals surface area contributed by atoms with Crippen LogP contribution < -0.4 is 10.6 Å². The van der Waals surface area contributed by atoms with Crippen LogP contribution in [0.5, 0.6) is 0 Å². The van der Waals surface area contributed by atoms with Crippen molar-refractivity contribution in [3.05, 3.63) is 48.3 Å². The maximum atomic E-state index is 13.6. The topological polar surface area (TPSA) is 92.3 Å². The zero-order valence-corrected chi connectivity index (χ0v) is 16.0. The van der Waals surface area contributed by atoms with Crippen molar-refractivity contribution in [1.82, 2.24) is 0 Å². The maximum Gasteiger partial charge on any atom is 0.234 e. The largest absolute Gasteiger partial charge is 0.324 e. The monoisotopic (exact) mass is 408 g/mol. The van der Waals surface area contributed by atoms with E-state index in [0.717, 1.165) is 0 Å². The van der Waals surface area contributed by atoms with Gasteiger partial charge in [0.05, 0.1) is 27.3 Å². The lowest BCUT2D eigenvalue weighted by atomic mass is 10.2. The highest BCUT2D eigenvalue weighted by atomic mass is 32.2. The molecule has 2 N–H and O–H groups in total. The molecule has 0 saturated carbocycles. The van der Waals surface area contributed by atoms with E-state index < -0.39 is 26.8 Å². The summed E-state index contributed by atoms with van der Waals surface area (Å²) in [5, 5.41) is 4.07. The first kappa shape index (κ1) is 19.4. The third-order valence-corrected chi connectivity index (χ3v) is 7.26. The zero-order chi connectivity index (χ0) is 19.6. The number of hydrogen-bond acceptors (Lipinski definition) is 5. The molecule has 1 aliphatic rings. The molecule has 2 aromatic carbocycles. The number of nitrogens with one attached hydrogen (secondary N) is 2. The fourth-order valence-corrected chi connectivity index (χ4v) is 4.89. The van der Waals surface area contributed by atoms with Gasteiger partial charge in [-0.1, -0.05) is 12.1 Å². The Morgan fingerprint density at radius 2 is 2.04 bits per heavy atom. The molecule has 6 nitrogen and oxygen atoms in total. The van der Waals surface area contributed by atoms with Crippen LogP contribution in [-0.4, -0.2) is 31.2 Å². The summed E-state index contributed by atoms with van der Waals surface area (Å²) in [6.07, 6.45) is -0.308. The second-order valence-corrected chi connectivity index (χ2v) is 9.47. The first-order valence-corrected chi connectivity index (χ1v) is 10.7. The smallest absolute Gasteiger partial charge is 0.234 e. The third-order valence-electron chi connectivity index (χ3n) is 4.06. The molecular weight excluding hydrogens is 391 g/mol. The van der Waals surface area contributed by atoms with E-state index in [9.17, 15) is 22.4 Å². The number of halogens is 1. The number of benzene rings is 2. The first-order valence-electron chi connectivity index (χ1n) is 8.12. The second-order valence-electron chi connectivity index (χ2n) is 6.08. The van der Waals surface area contributed by atoms with Crippen LogP contribution in [0.1, 0.15) is 13.3 Å². The van der Waals surface area contributed by atoms with Crippen LogP contribution >= 0.6 is 11.8 Å². The Kier molecular flexibility index (Phi) is 5.52. The van der Waals surface area contributed by atoms with Crippen molar-refractivity contribution in [1.29, 1.82) is 0 Å². The zero-order valence-electron chi connectivity index (χ0n) is 14.4. The number of carbonyl (C=O) groups excluding carboxylic acids is 2. The Morgan fingerprint density at radius 1 is 1.30 bits per heavy atom. The molecule has 142 valence electrons. The number of fused-ring (bicyclic) bond motifs is 1. The second kappa shape index (κ2) is 7.69. The van der Waals surface area contributed by atoms with Crippen molar-refractivity contribution in [2.45, 2.75) is 28.4 Å². The van der Waals surface area contributed by atoms with Gasteiger partial charge in [0.2, 0.25) is 11.8 Å². The Bertz CT molecular complexity index is 1010.